The van der Waals surface area contributed by atoms with Crippen molar-refractivity contribution >= 4 is 28.8 Å². The number of nitrogens with zero attached hydrogens (tertiary/aromatic N) is 3. The van der Waals surface area contributed by atoms with E-state index in [-0.39, 0.29) is 11.3 Å². The SMILES string of the molecule is C=C(N/C=C\C(C)CC)c1ncn2c(F)c(-c3c(F)ccc(NSc4cncc(F)c4)c3F)ccc12. The number of hydrogen-bond acceptors (Lipinski definition) is 5. The van der Waals surface area contributed by atoms with Crippen LogP contribution in [-0.2, 0) is 0 Å². The lowest BCUT2D eigenvalue weighted by atomic mass is 10.0. The summed E-state index contributed by atoms with van der Waals surface area (Å²) < 4.78 is 62.7. The molecule has 0 bridgehead atoms. The molecular formula is C26H23F4N5S. The van der Waals surface area contributed by atoms with Crippen molar-refractivity contribution in [3.63, 3.8) is 0 Å². The van der Waals surface area contributed by atoms with Crippen molar-refractivity contribution in [2.45, 2.75) is 25.2 Å². The van der Waals surface area contributed by atoms with Gasteiger partial charge in [0, 0.05) is 16.7 Å². The Morgan fingerprint density at radius 1 is 1.17 bits per heavy atom. The average Bonchev–Trinajstić information content (AvgIpc) is 3.30. The second-order valence-corrected chi connectivity index (χ2v) is 8.96. The molecular weight excluding hydrogens is 490 g/mol. The van der Waals surface area contributed by atoms with E-state index in [0.29, 0.717) is 27.7 Å². The first-order chi connectivity index (χ1) is 17.3. The zero-order valence-electron chi connectivity index (χ0n) is 19.5. The van der Waals surface area contributed by atoms with Gasteiger partial charge in [-0.25, -0.2) is 18.2 Å². The van der Waals surface area contributed by atoms with Crippen LogP contribution in [0.1, 0.15) is 26.0 Å². The monoisotopic (exact) mass is 513 g/mol. The van der Waals surface area contributed by atoms with E-state index in [4.69, 9.17) is 0 Å². The lowest BCUT2D eigenvalue weighted by Crippen LogP contribution is -2.05. The van der Waals surface area contributed by atoms with Crippen molar-refractivity contribution in [3.05, 3.63) is 97.0 Å². The molecule has 3 aromatic heterocycles. The maximum atomic E-state index is 15.5. The smallest absolute Gasteiger partial charge is 0.207 e. The zero-order chi connectivity index (χ0) is 25.8. The van der Waals surface area contributed by atoms with Gasteiger partial charge in [-0.1, -0.05) is 32.9 Å². The predicted octanol–water partition coefficient (Wildman–Crippen LogP) is 7.19. The highest BCUT2D eigenvalue weighted by molar-refractivity contribution is 8.00. The standard InChI is InChI=1S/C26H23F4N5S/c1-4-15(2)9-10-32-16(3)25-22-8-5-19(26(30)35(22)14-33-25)23-20(28)6-7-21(24(23)29)34-36-18-11-17(27)12-31-13-18/h5-15,32,34H,3-4H2,1-2H3/b10-9-. The number of rotatable bonds is 9. The van der Waals surface area contributed by atoms with Crippen molar-refractivity contribution in [2.24, 2.45) is 5.92 Å². The van der Waals surface area contributed by atoms with Crippen molar-refractivity contribution in [3.8, 4) is 11.1 Å². The van der Waals surface area contributed by atoms with Crippen molar-refractivity contribution in [1.82, 2.24) is 19.7 Å². The Morgan fingerprint density at radius 2 is 1.97 bits per heavy atom. The lowest BCUT2D eigenvalue weighted by molar-refractivity contribution is 0.559. The molecule has 4 rings (SSSR count). The number of imidazole rings is 1. The second kappa shape index (κ2) is 10.9. The lowest BCUT2D eigenvalue weighted by Gasteiger charge is -2.13. The molecule has 1 unspecified atom stereocenters. The van der Waals surface area contributed by atoms with E-state index in [0.717, 1.165) is 35.0 Å². The van der Waals surface area contributed by atoms with E-state index in [2.05, 4.69) is 40.4 Å². The van der Waals surface area contributed by atoms with E-state index < -0.39 is 29.0 Å². The molecule has 3 heterocycles. The van der Waals surface area contributed by atoms with E-state index in [1.54, 1.807) is 6.20 Å². The number of halogens is 4. The van der Waals surface area contributed by atoms with Crippen molar-refractivity contribution in [1.29, 1.82) is 0 Å². The largest absolute Gasteiger partial charge is 0.361 e. The number of benzene rings is 1. The Labute approximate surface area is 210 Å². The van der Waals surface area contributed by atoms with Crippen LogP contribution in [0, 0.1) is 29.3 Å². The van der Waals surface area contributed by atoms with Gasteiger partial charge in [-0.15, -0.1) is 0 Å². The summed E-state index contributed by atoms with van der Waals surface area (Å²) in [5, 5.41) is 3.03. The summed E-state index contributed by atoms with van der Waals surface area (Å²) in [6.45, 7) is 8.10. The molecule has 4 aromatic rings. The molecule has 0 aliphatic rings. The molecule has 0 aliphatic heterocycles. The molecule has 1 atom stereocenters. The Morgan fingerprint density at radius 3 is 2.72 bits per heavy atom. The molecule has 186 valence electrons. The third-order valence-corrected chi connectivity index (χ3v) is 6.36. The Kier molecular flexibility index (Phi) is 7.64. The Balaban J connectivity index is 1.64. The Bertz CT molecular complexity index is 1450. The van der Waals surface area contributed by atoms with Gasteiger partial charge in [0.1, 0.15) is 23.7 Å². The van der Waals surface area contributed by atoms with Gasteiger partial charge in [0.15, 0.2) is 5.82 Å². The molecule has 0 saturated carbocycles. The highest BCUT2D eigenvalue weighted by Crippen LogP contribution is 2.35. The molecule has 0 spiro atoms. The first kappa shape index (κ1) is 25.3. The maximum absolute atomic E-state index is 15.5. The second-order valence-electron chi connectivity index (χ2n) is 8.08. The van der Waals surface area contributed by atoms with Gasteiger partial charge in [0.25, 0.3) is 0 Å². The fraction of sp³-hybridized carbons (Fsp3) is 0.154. The number of anilines is 1. The summed E-state index contributed by atoms with van der Waals surface area (Å²) in [5.41, 5.74) is 0.327. The third kappa shape index (κ3) is 5.23. The van der Waals surface area contributed by atoms with E-state index >= 15 is 8.78 Å². The summed E-state index contributed by atoms with van der Waals surface area (Å²) in [6.07, 6.45) is 8.38. The summed E-state index contributed by atoms with van der Waals surface area (Å²) in [5.74, 6) is -2.99. The van der Waals surface area contributed by atoms with Gasteiger partial charge in [0.05, 0.1) is 28.7 Å². The van der Waals surface area contributed by atoms with E-state index in [1.807, 2.05) is 6.08 Å². The number of aromatic nitrogens is 3. The molecule has 2 N–H and O–H groups in total. The number of hydrogen-bond donors (Lipinski definition) is 2. The minimum Gasteiger partial charge on any atom is -0.361 e. The van der Waals surface area contributed by atoms with Gasteiger partial charge in [0.2, 0.25) is 5.95 Å². The molecule has 0 amide bonds. The van der Waals surface area contributed by atoms with Crippen molar-refractivity contribution < 1.29 is 17.6 Å². The minimum atomic E-state index is -0.994. The van der Waals surface area contributed by atoms with Crippen LogP contribution in [0.4, 0.5) is 23.2 Å². The van der Waals surface area contributed by atoms with Crippen LogP contribution in [0.3, 0.4) is 0 Å². The number of pyridine rings is 2. The number of nitrogens with one attached hydrogen (secondary N) is 2. The zero-order valence-corrected chi connectivity index (χ0v) is 20.3. The van der Waals surface area contributed by atoms with Crippen LogP contribution in [0.15, 0.2) is 72.8 Å². The van der Waals surface area contributed by atoms with Crippen LogP contribution in [-0.4, -0.2) is 14.4 Å². The van der Waals surface area contributed by atoms with Gasteiger partial charge >= 0.3 is 0 Å². The van der Waals surface area contributed by atoms with Gasteiger partial charge in [-0.3, -0.25) is 9.38 Å². The van der Waals surface area contributed by atoms with Crippen LogP contribution < -0.4 is 10.0 Å². The summed E-state index contributed by atoms with van der Waals surface area (Å²) in [6, 6.07) is 6.25. The average molecular weight is 514 g/mol. The fourth-order valence-corrected chi connectivity index (χ4v) is 4.08. The molecule has 1 aromatic carbocycles. The predicted molar refractivity (Wildman–Crippen MR) is 135 cm³/mol. The van der Waals surface area contributed by atoms with Gasteiger partial charge in [-0.05, 0) is 54.4 Å². The van der Waals surface area contributed by atoms with Gasteiger partial charge in [-0.2, -0.15) is 4.39 Å². The molecule has 0 saturated heterocycles. The first-order valence-electron chi connectivity index (χ1n) is 11.1. The quantitative estimate of drug-likeness (QED) is 0.141. The summed E-state index contributed by atoms with van der Waals surface area (Å²) >= 11 is 0.888. The molecule has 0 aliphatic carbocycles. The summed E-state index contributed by atoms with van der Waals surface area (Å²) in [4.78, 5) is 8.33. The van der Waals surface area contributed by atoms with Crippen LogP contribution in [0.5, 0.6) is 0 Å². The fourth-order valence-electron chi connectivity index (χ4n) is 3.41. The topological polar surface area (TPSA) is 54.2 Å². The Hall–Kier alpha value is -3.79. The number of allylic oxidation sites excluding steroid dienone is 1. The van der Waals surface area contributed by atoms with Crippen LogP contribution >= 0.6 is 11.9 Å². The van der Waals surface area contributed by atoms with E-state index in [1.165, 1.54) is 36.8 Å². The van der Waals surface area contributed by atoms with Crippen molar-refractivity contribution in [2.75, 3.05) is 4.72 Å². The summed E-state index contributed by atoms with van der Waals surface area (Å²) in [7, 11) is 0. The highest BCUT2D eigenvalue weighted by Gasteiger charge is 2.22. The normalized spacial score (nSPS) is 12.3. The molecule has 36 heavy (non-hydrogen) atoms. The van der Waals surface area contributed by atoms with Gasteiger partial charge < -0.3 is 10.0 Å². The molecule has 5 nitrogen and oxygen atoms in total. The third-order valence-electron chi connectivity index (χ3n) is 5.58. The van der Waals surface area contributed by atoms with Crippen LogP contribution in [0.2, 0.25) is 0 Å². The molecule has 0 fully saturated rings. The number of fused-ring (bicyclic) bond motifs is 1. The van der Waals surface area contributed by atoms with E-state index in [9.17, 15) is 8.78 Å². The first-order valence-corrected chi connectivity index (χ1v) is 11.9. The highest BCUT2D eigenvalue weighted by atomic mass is 32.2. The molecule has 10 heteroatoms. The maximum Gasteiger partial charge on any atom is 0.207 e. The minimum absolute atomic E-state index is 0.0999. The molecule has 0 radical (unpaired) electrons. The van der Waals surface area contributed by atoms with Crippen LogP contribution in [0.25, 0.3) is 22.3 Å².